The van der Waals surface area contributed by atoms with Crippen molar-refractivity contribution in [1.29, 1.82) is 0 Å². The van der Waals surface area contributed by atoms with E-state index >= 15 is 0 Å². The van der Waals surface area contributed by atoms with Gasteiger partial charge in [0.15, 0.2) is 0 Å². The molecule has 2 rings (SSSR count). The molecule has 5 heteroatoms. The third-order valence-corrected chi connectivity index (χ3v) is 5.79. The molecule has 1 saturated carbocycles. The van der Waals surface area contributed by atoms with Gasteiger partial charge in [-0.1, -0.05) is 19.8 Å². The van der Waals surface area contributed by atoms with Crippen molar-refractivity contribution in [1.82, 2.24) is 10.3 Å². The molecule has 20 heavy (non-hydrogen) atoms. The number of aromatic nitrogens is 1. The van der Waals surface area contributed by atoms with E-state index < -0.39 is 0 Å². The predicted molar refractivity (Wildman–Crippen MR) is 87.3 cm³/mol. The van der Waals surface area contributed by atoms with Crippen molar-refractivity contribution >= 4 is 29.4 Å². The number of carbonyl (C=O) groups excluding carboxylic acids is 1. The smallest absolute Gasteiger partial charge is 0.230 e. The van der Waals surface area contributed by atoms with Crippen LogP contribution >= 0.6 is 23.5 Å². The van der Waals surface area contributed by atoms with Gasteiger partial charge in [-0.15, -0.1) is 11.8 Å². The summed E-state index contributed by atoms with van der Waals surface area (Å²) in [5, 5.41) is 3.83. The van der Waals surface area contributed by atoms with Gasteiger partial charge in [0.2, 0.25) is 5.91 Å². The van der Waals surface area contributed by atoms with E-state index in [0.29, 0.717) is 17.0 Å². The third kappa shape index (κ3) is 5.02. The maximum absolute atomic E-state index is 12.1. The highest BCUT2D eigenvalue weighted by Crippen LogP contribution is 2.28. The van der Waals surface area contributed by atoms with Crippen LogP contribution in [0.1, 0.15) is 32.6 Å². The lowest BCUT2D eigenvalue weighted by atomic mass is 9.95. The first-order chi connectivity index (χ1) is 9.79. The van der Waals surface area contributed by atoms with Crippen molar-refractivity contribution in [2.75, 3.05) is 11.5 Å². The summed E-state index contributed by atoms with van der Waals surface area (Å²) in [6.45, 7) is 2.19. The van der Waals surface area contributed by atoms with Gasteiger partial charge in [0.1, 0.15) is 0 Å². The molecule has 110 valence electrons. The molecule has 1 fully saturated rings. The van der Waals surface area contributed by atoms with Crippen LogP contribution in [0.3, 0.4) is 0 Å². The van der Waals surface area contributed by atoms with Gasteiger partial charge in [0.05, 0.1) is 5.75 Å². The largest absolute Gasteiger partial charge is 0.352 e. The standard InChI is InChI=1S/C15H22N2OS2/c1-2-19-14-6-4-3-5-13(14)17-15(18)11-20-12-7-9-16-10-8-12/h7-10,13-14H,2-6,11H2,1H3,(H,17,18)/t13-,14-/m0/s1. The van der Waals surface area contributed by atoms with Crippen LogP contribution in [0.4, 0.5) is 0 Å². The summed E-state index contributed by atoms with van der Waals surface area (Å²) < 4.78 is 0. The van der Waals surface area contributed by atoms with Crippen LogP contribution in [-0.4, -0.2) is 33.7 Å². The molecule has 0 aromatic carbocycles. The molecule has 0 saturated heterocycles. The van der Waals surface area contributed by atoms with E-state index in [1.54, 1.807) is 24.2 Å². The number of hydrogen-bond donors (Lipinski definition) is 1. The molecule has 1 aromatic heterocycles. The number of rotatable bonds is 6. The first-order valence-electron chi connectivity index (χ1n) is 7.23. The Morgan fingerprint density at radius 3 is 2.85 bits per heavy atom. The molecule has 0 spiro atoms. The van der Waals surface area contributed by atoms with Crippen LogP contribution in [0.15, 0.2) is 29.4 Å². The first kappa shape index (κ1) is 15.7. The summed E-state index contributed by atoms with van der Waals surface area (Å²) in [4.78, 5) is 17.2. The Labute approximate surface area is 129 Å². The fraction of sp³-hybridized carbons (Fsp3) is 0.600. The predicted octanol–water partition coefficient (Wildman–Crippen LogP) is 3.35. The molecule has 0 bridgehead atoms. The van der Waals surface area contributed by atoms with E-state index in [1.807, 2.05) is 23.9 Å². The van der Waals surface area contributed by atoms with Crippen LogP contribution in [0.5, 0.6) is 0 Å². The van der Waals surface area contributed by atoms with Gasteiger partial charge in [-0.05, 0) is 30.7 Å². The van der Waals surface area contributed by atoms with Gasteiger partial charge in [-0.25, -0.2) is 0 Å². The van der Waals surface area contributed by atoms with E-state index in [4.69, 9.17) is 0 Å². The maximum Gasteiger partial charge on any atom is 0.230 e. The zero-order valence-electron chi connectivity index (χ0n) is 11.9. The second-order valence-electron chi connectivity index (χ2n) is 4.92. The summed E-state index contributed by atoms with van der Waals surface area (Å²) in [5.74, 6) is 1.77. The number of thioether (sulfide) groups is 2. The minimum atomic E-state index is 0.153. The molecule has 1 aliphatic rings. The van der Waals surface area contributed by atoms with Gasteiger partial charge in [0, 0.05) is 28.6 Å². The van der Waals surface area contributed by atoms with Crippen molar-refractivity contribution in [2.45, 2.75) is 48.8 Å². The van der Waals surface area contributed by atoms with Crippen molar-refractivity contribution < 1.29 is 4.79 Å². The summed E-state index contributed by atoms with van der Waals surface area (Å²) in [7, 11) is 0. The summed E-state index contributed by atoms with van der Waals surface area (Å²) in [5.41, 5.74) is 0. The number of nitrogens with one attached hydrogen (secondary N) is 1. The Morgan fingerprint density at radius 2 is 2.10 bits per heavy atom. The molecule has 3 nitrogen and oxygen atoms in total. The Kier molecular flexibility index (Phi) is 6.73. The van der Waals surface area contributed by atoms with Gasteiger partial charge >= 0.3 is 0 Å². The quantitative estimate of drug-likeness (QED) is 0.818. The Bertz CT molecular complexity index is 412. The molecule has 0 unspecified atom stereocenters. The number of carbonyl (C=O) groups is 1. The maximum atomic E-state index is 12.1. The van der Waals surface area contributed by atoms with Crippen LogP contribution < -0.4 is 5.32 Å². The van der Waals surface area contributed by atoms with Crippen molar-refractivity contribution in [2.24, 2.45) is 0 Å². The van der Waals surface area contributed by atoms with E-state index in [0.717, 1.165) is 17.1 Å². The van der Waals surface area contributed by atoms with Gasteiger partial charge in [-0.3, -0.25) is 9.78 Å². The molecule has 1 N–H and O–H groups in total. The number of pyridine rings is 1. The van der Waals surface area contributed by atoms with Gasteiger partial charge in [-0.2, -0.15) is 11.8 Å². The van der Waals surface area contributed by atoms with Crippen LogP contribution in [0.25, 0.3) is 0 Å². The van der Waals surface area contributed by atoms with Crippen LogP contribution in [-0.2, 0) is 4.79 Å². The average molecular weight is 310 g/mol. The molecule has 1 amide bonds. The highest BCUT2D eigenvalue weighted by molar-refractivity contribution is 8.00. The summed E-state index contributed by atoms with van der Waals surface area (Å²) in [6.07, 6.45) is 8.42. The lowest BCUT2D eigenvalue weighted by molar-refractivity contribution is -0.119. The number of hydrogen-bond acceptors (Lipinski definition) is 4. The molecular weight excluding hydrogens is 288 g/mol. The molecular formula is C15H22N2OS2. The fourth-order valence-corrected chi connectivity index (χ4v) is 4.40. The SMILES string of the molecule is CCS[C@H]1CCCC[C@@H]1NC(=O)CSc1ccncc1. The van der Waals surface area contributed by atoms with E-state index in [2.05, 4.69) is 17.2 Å². The van der Waals surface area contributed by atoms with Crippen LogP contribution in [0.2, 0.25) is 0 Å². The lowest BCUT2D eigenvalue weighted by Crippen LogP contribution is -2.44. The molecule has 1 aliphatic carbocycles. The molecule has 1 aromatic rings. The topological polar surface area (TPSA) is 42.0 Å². The highest BCUT2D eigenvalue weighted by atomic mass is 32.2. The second-order valence-corrected chi connectivity index (χ2v) is 7.49. The number of amides is 1. The normalized spacial score (nSPS) is 22.4. The average Bonchev–Trinajstić information content (AvgIpc) is 2.49. The molecule has 0 radical (unpaired) electrons. The minimum Gasteiger partial charge on any atom is -0.352 e. The van der Waals surface area contributed by atoms with E-state index in [9.17, 15) is 4.79 Å². The Balaban J connectivity index is 1.78. The Hall–Kier alpha value is -0.680. The monoisotopic (exact) mass is 310 g/mol. The highest BCUT2D eigenvalue weighted by Gasteiger charge is 2.26. The van der Waals surface area contributed by atoms with Gasteiger partial charge in [0.25, 0.3) is 0 Å². The van der Waals surface area contributed by atoms with Crippen molar-refractivity contribution in [3.05, 3.63) is 24.5 Å². The van der Waals surface area contributed by atoms with Crippen molar-refractivity contribution in [3.8, 4) is 0 Å². The van der Waals surface area contributed by atoms with Gasteiger partial charge < -0.3 is 5.32 Å². The lowest BCUT2D eigenvalue weighted by Gasteiger charge is -2.31. The zero-order valence-corrected chi connectivity index (χ0v) is 13.5. The fourth-order valence-electron chi connectivity index (χ4n) is 2.51. The third-order valence-electron chi connectivity index (χ3n) is 3.45. The zero-order chi connectivity index (χ0) is 14.2. The summed E-state index contributed by atoms with van der Waals surface area (Å²) >= 11 is 3.56. The van der Waals surface area contributed by atoms with E-state index in [-0.39, 0.29) is 5.91 Å². The molecule has 2 atom stereocenters. The Morgan fingerprint density at radius 1 is 1.35 bits per heavy atom. The first-order valence-corrected chi connectivity index (χ1v) is 9.27. The van der Waals surface area contributed by atoms with Crippen LogP contribution in [0, 0.1) is 0 Å². The second kappa shape index (κ2) is 8.57. The number of nitrogens with zero attached hydrogens (tertiary/aromatic N) is 1. The van der Waals surface area contributed by atoms with E-state index in [1.165, 1.54) is 19.3 Å². The van der Waals surface area contributed by atoms with Crippen molar-refractivity contribution in [3.63, 3.8) is 0 Å². The summed E-state index contributed by atoms with van der Waals surface area (Å²) in [6, 6.07) is 4.24. The minimum absolute atomic E-state index is 0.153. The molecule has 0 aliphatic heterocycles. The molecule has 1 heterocycles.